The summed E-state index contributed by atoms with van der Waals surface area (Å²) in [7, 11) is 0. The Kier molecular flexibility index (Phi) is 5.06. The molecule has 0 unspecified atom stereocenters. The van der Waals surface area contributed by atoms with Crippen LogP contribution in [0.3, 0.4) is 0 Å². The molecule has 1 heterocycles. The van der Waals surface area contributed by atoms with Gasteiger partial charge in [0.1, 0.15) is 0 Å². The molecule has 0 bridgehead atoms. The van der Waals surface area contributed by atoms with Gasteiger partial charge in [-0.05, 0) is 42.3 Å². The van der Waals surface area contributed by atoms with Crippen LogP contribution in [0.15, 0.2) is 18.2 Å². The third-order valence-electron chi connectivity index (χ3n) is 2.99. The van der Waals surface area contributed by atoms with Gasteiger partial charge in [0.2, 0.25) is 0 Å². The Hall–Kier alpha value is -1.95. The summed E-state index contributed by atoms with van der Waals surface area (Å²) in [6.07, 6.45) is 1.92. The molecule has 0 atom stereocenters. The summed E-state index contributed by atoms with van der Waals surface area (Å²) in [6.45, 7) is 6.36. The molecule has 1 aromatic carbocycles. The highest BCUT2D eigenvalue weighted by Crippen LogP contribution is 2.24. The lowest BCUT2D eigenvalue weighted by Gasteiger charge is -2.08. The van der Waals surface area contributed by atoms with Crippen molar-refractivity contribution in [2.24, 2.45) is 0 Å². The van der Waals surface area contributed by atoms with Crippen LogP contribution in [0, 0.1) is 6.92 Å². The number of nitrogen functional groups attached to an aromatic ring is 1. The van der Waals surface area contributed by atoms with E-state index in [2.05, 4.69) is 22.4 Å². The van der Waals surface area contributed by atoms with Gasteiger partial charge in [-0.1, -0.05) is 18.6 Å². The molecule has 0 fully saturated rings. The maximum absolute atomic E-state index is 6.01. The van der Waals surface area contributed by atoms with Crippen molar-refractivity contribution < 1.29 is 4.74 Å². The SMILES string of the molecule is CCCOCCCn1nnnc1-c1cc(C)ccc1N. The highest BCUT2D eigenvalue weighted by molar-refractivity contribution is 5.71. The zero-order valence-electron chi connectivity index (χ0n) is 12.0. The maximum atomic E-state index is 6.01. The second-order valence-corrected chi connectivity index (χ2v) is 4.78. The van der Waals surface area contributed by atoms with E-state index in [-0.39, 0.29) is 0 Å². The number of rotatable bonds is 7. The van der Waals surface area contributed by atoms with Crippen LogP contribution in [0.25, 0.3) is 11.4 Å². The third-order valence-corrected chi connectivity index (χ3v) is 2.99. The second-order valence-electron chi connectivity index (χ2n) is 4.78. The molecule has 2 rings (SSSR count). The number of hydrogen-bond acceptors (Lipinski definition) is 5. The minimum absolute atomic E-state index is 0.689. The standard InChI is InChI=1S/C14H21N5O/c1-3-8-20-9-4-7-19-14(16-17-18-19)12-10-11(2)5-6-13(12)15/h5-6,10H,3-4,7-9,15H2,1-2H3. The van der Waals surface area contributed by atoms with E-state index in [1.165, 1.54) is 0 Å². The average molecular weight is 275 g/mol. The molecule has 0 radical (unpaired) electrons. The first-order chi connectivity index (χ1) is 9.72. The molecule has 0 spiro atoms. The van der Waals surface area contributed by atoms with Crippen LogP contribution in [-0.4, -0.2) is 33.4 Å². The molecule has 6 heteroatoms. The van der Waals surface area contributed by atoms with Gasteiger partial charge in [0.25, 0.3) is 0 Å². The first kappa shape index (κ1) is 14.5. The van der Waals surface area contributed by atoms with Crippen molar-refractivity contribution in [2.45, 2.75) is 33.2 Å². The number of hydrogen-bond donors (Lipinski definition) is 1. The first-order valence-corrected chi connectivity index (χ1v) is 6.92. The fraction of sp³-hybridized carbons (Fsp3) is 0.500. The van der Waals surface area contributed by atoms with Crippen molar-refractivity contribution >= 4 is 5.69 Å². The van der Waals surface area contributed by atoms with Gasteiger partial charge >= 0.3 is 0 Å². The summed E-state index contributed by atoms with van der Waals surface area (Å²) < 4.78 is 7.24. The number of benzene rings is 1. The summed E-state index contributed by atoms with van der Waals surface area (Å²) >= 11 is 0. The van der Waals surface area contributed by atoms with E-state index in [4.69, 9.17) is 10.5 Å². The minimum atomic E-state index is 0.689. The van der Waals surface area contributed by atoms with E-state index in [1.54, 1.807) is 4.68 Å². The largest absolute Gasteiger partial charge is 0.398 e. The Balaban J connectivity index is 2.06. The van der Waals surface area contributed by atoms with Crippen molar-refractivity contribution in [3.63, 3.8) is 0 Å². The van der Waals surface area contributed by atoms with E-state index < -0.39 is 0 Å². The van der Waals surface area contributed by atoms with Gasteiger partial charge in [0.05, 0.1) is 0 Å². The van der Waals surface area contributed by atoms with E-state index in [1.807, 2.05) is 25.1 Å². The fourth-order valence-electron chi connectivity index (χ4n) is 1.97. The van der Waals surface area contributed by atoms with Crippen molar-refractivity contribution in [3.8, 4) is 11.4 Å². The van der Waals surface area contributed by atoms with E-state index in [0.29, 0.717) is 11.5 Å². The number of tetrazole rings is 1. The highest BCUT2D eigenvalue weighted by Gasteiger charge is 2.11. The fourth-order valence-corrected chi connectivity index (χ4v) is 1.97. The van der Waals surface area contributed by atoms with Crippen molar-refractivity contribution in [3.05, 3.63) is 23.8 Å². The highest BCUT2D eigenvalue weighted by atomic mass is 16.5. The summed E-state index contributed by atoms with van der Waals surface area (Å²) in [5.74, 6) is 0.710. The van der Waals surface area contributed by atoms with Gasteiger partial charge in [-0.2, -0.15) is 0 Å². The number of aromatic nitrogens is 4. The Bertz CT molecular complexity index is 552. The van der Waals surface area contributed by atoms with Crippen molar-refractivity contribution in [1.29, 1.82) is 0 Å². The second kappa shape index (κ2) is 7.00. The summed E-state index contributed by atoms with van der Waals surface area (Å²) in [6, 6.07) is 5.87. The molecular weight excluding hydrogens is 254 g/mol. The molecule has 2 N–H and O–H groups in total. The molecular formula is C14H21N5O. The predicted molar refractivity (Wildman–Crippen MR) is 78.1 cm³/mol. The summed E-state index contributed by atoms with van der Waals surface area (Å²) in [4.78, 5) is 0. The Morgan fingerprint density at radius 1 is 1.30 bits per heavy atom. The van der Waals surface area contributed by atoms with Crippen LogP contribution < -0.4 is 5.73 Å². The van der Waals surface area contributed by atoms with Crippen molar-refractivity contribution in [2.75, 3.05) is 18.9 Å². The number of ether oxygens (including phenoxy) is 1. The number of nitrogens with two attached hydrogens (primary N) is 1. The number of nitrogens with zero attached hydrogens (tertiary/aromatic N) is 4. The van der Waals surface area contributed by atoms with Crippen LogP contribution in [0.5, 0.6) is 0 Å². The minimum Gasteiger partial charge on any atom is -0.398 e. The monoisotopic (exact) mass is 275 g/mol. The van der Waals surface area contributed by atoms with Crippen LogP contribution >= 0.6 is 0 Å². The van der Waals surface area contributed by atoms with Crippen LogP contribution in [0.4, 0.5) is 5.69 Å². The average Bonchev–Trinajstić information content (AvgIpc) is 2.89. The number of aryl methyl sites for hydroxylation is 2. The van der Waals surface area contributed by atoms with E-state index >= 15 is 0 Å². The van der Waals surface area contributed by atoms with Gasteiger partial charge in [0, 0.05) is 31.0 Å². The summed E-state index contributed by atoms with van der Waals surface area (Å²) in [5, 5.41) is 11.9. The zero-order valence-corrected chi connectivity index (χ0v) is 12.0. The molecule has 0 aliphatic carbocycles. The van der Waals surface area contributed by atoms with E-state index in [9.17, 15) is 0 Å². The molecule has 20 heavy (non-hydrogen) atoms. The quantitative estimate of drug-likeness (QED) is 0.618. The van der Waals surface area contributed by atoms with Crippen LogP contribution in [-0.2, 0) is 11.3 Å². The van der Waals surface area contributed by atoms with Crippen LogP contribution in [0.1, 0.15) is 25.3 Å². The smallest absolute Gasteiger partial charge is 0.184 e. The first-order valence-electron chi connectivity index (χ1n) is 6.92. The molecule has 2 aromatic rings. The zero-order chi connectivity index (χ0) is 14.4. The number of anilines is 1. The molecule has 1 aromatic heterocycles. The van der Waals surface area contributed by atoms with Gasteiger partial charge in [-0.3, -0.25) is 0 Å². The lowest BCUT2D eigenvalue weighted by molar-refractivity contribution is 0.128. The lowest BCUT2D eigenvalue weighted by atomic mass is 10.1. The van der Waals surface area contributed by atoms with Gasteiger partial charge in [-0.15, -0.1) is 5.10 Å². The molecule has 0 saturated heterocycles. The van der Waals surface area contributed by atoms with Gasteiger partial charge < -0.3 is 10.5 Å². The molecule has 108 valence electrons. The Labute approximate surface area is 118 Å². The Morgan fingerprint density at radius 3 is 2.95 bits per heavy atom. The molecule has 6 nitrogen and oxygen atoms in total. The molecule has 0 aliphatic heterocycles. The van der Waals surface area contributed by atoms with Crippen LogP contribution in [0.2, 0.25) is 0 Å². The lowest BCUT2D eigenvalue weighted by Crippen LogP contribution is -2.07. The van der Waals surface area contributed by atoms with E-state index in [0.717, 1.165) is 43.7 Å². The molecule has 0 aliphatic rings. The Morgan fingerprint density at radius 2 is 2.15 bits per heavy atom. The molecule has 0 saturated carbocycles. The topological polar surface area (TPSA) is 78.8 Å². The molecule has 0 amide bonds. The third kappa shape index (κ3) is 3.54. The summed E-state index contributed by atoms with van der Waals surface area (Å²) in [5.41, 5.74) is 8.71. The normalized spacial score (nSPS) is 10.9. The maximum Gasteiger partial charge on any atom is 0.184 e. The van der Waals surface area contributed by atoms with Crippen molar-refractivity contribution in [1.82, 2.24) is 20.2 Å². The van der Waals surface area contributed by atoms with Gasteiger partial charge in [-0.25, -0.2) is 4.68 Å². The van der Waals surface area contributed by atoms with Gasteiger partial charge in [0.15, 0.2) is 5.82 Å². The predicted octanol–water partition coefficient (Wildman–Crippen LogP) is 2.05.